The third-order valence-electron chi connectivity index (χ3n) is 5.07. The Labute approximate surface area is 145 Å². The van der Waals surface area contributed by atoms with E-state index in [1.165, 1.54) is 21.3 Å². The number of aromatic amines is 1. The summed E-state index contributed by atoms with van der Waals surface area (Å²) in [5.74, 6) is 0.489. The molecule has 1 aromatic carbocycles. The maximum absolute atomic E-state index is 12.1. The molecule has 0 aliphatic carbocycles. The molecule has 0 radical (unpaired) electrons. The van der Waals surface area contributed by atoms with Gasteiger partial charge in [0.2, 0.25) is 0 Å². The highest BCUT2D eigenvalue weighted by Crippen LogP contribution is 2.31. The molecule has 2 aliphatic heterocycles. The molecule has 132 valence electrons. The Balaban J connectivity index is 1.53. The van der Waals surface area contributed by atoms with Gasteiger partial charge >= 0.3 is 11.1 Å². The van der Waals surface area contributed by atoms with Crippen LogP contribution in [0.4, 0.5) is 0 Å². The number of hydrogen-bond acceptors (Lipinski definition) is 5. The maximum Gasteiger partial charge on any atom is 0.330 e. The lowest BCUT2D eigenvalue weighted by Gasteiger charge is -2.34. The quantitative estimate of drug-likeness (QED) is 0.814. The average Bonchev–Trinajstić information content (AvgIpc) is 2.93. The first-order chi connectivity index (χ1) is 11.9. The van der Waals surface area contributed by atoms with Crippen LogP contribution in [0.3, 0.4) is 0 Å². The summed E-state index contributed by atoms with van der Waals surface area (Å²) in [5, 5.41) is 6.16. The number of H-pyrrole nitrogens is 1. The SMILES string of the molecule is Cc1cc(C)cc(CN2CC[C@@]3(C2)Cn2c(n[nH]c(=O)c2=O)CO3)c1. The second-order valence-corrected chi connectivity index (χ2v) is 7.29. The highest BCUT2D eigenvalue weighted by molar-refractivity contribution is 5.28. The van der Waals surface area contributed by atoms with Gasteiger partial charge in [-0.15, -0.1) is 0 Å². The Kier molecular flexibility index (Phi) is 3.85. The van der Waals surface area contributed by atoms with Crippen molar-refractivity contribution in [2.24, 2.45) is 0 Å². The van der Waals surface area contributed by atoms with Crippen LogP contribution in [0.25, 0.3) is 0 Å². The van der Waals surface area contributed by atoms with Crippen molar-refractivity contribution in [2.75, 3.05) is 13.1 Å². The molecule has 0 unspecified atom stereocenters. The van der Waals surface area contributed by atoms with Crippen molar-refractivity contribution in [1.82, 2.24) is 19.7 Å². The molecule has 0 saturated carbocycles. The number of hydrogen-bond donors (Lipinski definition) is 1. The van der Waals surface area contributed by atoms with Crippen LogP contribution in [0.2, 0.25) is 0 Å². The zero-order valence-corrected chi connectivity index (χ0v) is 14.5. The Hall–Kier alpha value is -2.25. The number of nitrogens with one attached hydrogen (secondary N) is 1. The maximum atomic E-state index is 12.1. The number of rotatable bonds is 2. The Morgan fingerprint density at radius 3 is 2.72 bits per heavy atom. The molecule has 1 fully saturated rings. The van der Waals surface area contributed by atoms with Crippen molar-refractivity contribution in [3.8, 4) is 0 Å². The molecule has 4 rings (SSSR count). The second-order valence-electron chi connectivity index (χ2n) is 7.29. The third-order valence-corrected chi connectivity index (χ3v) is 5.07. The summed E-state index contributed by atoms with van der Waals surface area (Å²) in [6.07, 6.45) is 0.844. The topological polar surface area (TPSA) is 80.2 Å². The summed E-state index contributed by atoms with van der Waals surface area (Å²) in [6.45, 7) is 7.39. The lowest BCUT2D eigenvalue weighted by atomic mass is 10.0. The molecule has 1 saturated heterocycles. The van der Waals surface area contributed by atoms with Crippen molar-refractivity contribution < 1.29 is 4.74 Å². The molecule has 7 heteroatoms. The van der Waals surface area contributed by atoms with Crippen LogP contribution in [0.1, 0.15) is 28.9 Å². The largest absolute Gasteiger partial charge is 0.364 e. The molecular formula is C18H22N4O3. The fraction of sp³-hybridized carbons (Fsp3) is 0.500. The summed E-state index contributed by atoms with van der Waals surface area (Å²) in [6, 6.07) is 6.60. The van der Waals surface area contributed by atoms with E-state index in [1.54, 1.807) is 0 Å². The molecular weight excluding hydrogens is 320 g/mol. The van der Waals surface area contributed by atoms with E-state index in [2.05, 4.69) is 47.1 Å². The molecule has 1 aromatic heterocycles. The van der Waals surface area contributed by atoms with Crippen molar-refractivity contribution in [3.63, 3.8) is 0 Å². The molecule has 0 amide bonds. The fourth-order valence-corrected chi connectivity index (χ4v) is 4.02. The van der Waals surface area contributed by atoms with Crippen LogP contribution in [-0.4, -0.2) is 38.4 Å². The van der Waals surface area contributed by atoms with Crippen molar-refractivity contribution in [3.05, 3.63) is 61.4 Å². The minimum Gasteiger partial charge on any atom is -0.364 e. The Morgan fingerprint density at radius 1 is 1.20 bits per heavy atom. The van der Waals surface area contributed by atoms with E-state index < -0.39 is 16.7 Å². The first-order valence-corrected chi connectivity index (χ1v) is 8.56. The van der Waals surface area contributed by atoms with Crippen molar-refractivity contribution in [1.29, 1.82) is 0 Å². The predicted molar refractivity (Wildman–Crippen MR) is 92.4 cm³/mol. The first-order valence-electron chi connectivity index (χ1n) is 8.56. The molecule has 2 aliphatic rings. The van der Waals surface area contributed by atoms with Gasteiger partial charge in [0, 0.05) is 19.6 Å². The molecule has 25 heavy (non-hydrogen) atoms. The van der Waals surface area contributed by atoms with E-state index in [1.807, 2.05) is 0 Å². The Morgan fingerprint density at radius 2 is 1.96 bits per heavy atom. The van der Waals surface area contributed by atoms with E-state index in [9.17, 15) is 9.59 Å². The van der Waals surface area contributed by atoms with Gasteiger partial charge in [0.1, 0.15) is 12.2 Å². The summed E-state index contributed by atoms with van der Waals surface area (Å²) < 4.78 is 7.55. The van der Waals surface area contributed by atoms with Gasteiger partial charge in [-0.3, -0.25) is 19.1 Å². The summed E-state index contributed by atoms with van der Waals surface area (Å²) in [7, 11) is 0. The van der Waals surface area contributed by atoms with E-state index >= 15 is 0 Å². The van der Waals surface area contributed by atoms with Crippen LogP contribution in [0.5, 0.6) is 0 Å². The normalized spacial score (nSPS) is 23.1. The summed E-state index contributed by atoms with van der Waals surface area (Å²) >= 11 is 0. The van der Waals surface area contributed by atoms with Gasteiger partial charge in [0.25, 0.3) is 0 Å². The van der Waals surface area contributed by atoms with Gasteiger partial charge in [0.05, 0.1) is 6.54 Å². The number of likely N-dealkylation sites (tertiary alicyclic amines) is 1. The van der Waals surface area contributed by atoms with E-state index in [0.29, 0.717) is 12.4 Å². The fourth-order valence-electron chi connectivity index (χ4n) is 4.02. The van der Waals surface area contributed by atoms with Gasteiger partial charge in [-0.2, -0.15) is 5.10 Å². The van der Waals surface area contributed by atoms with Gasteiger partial charge in [-0.25, -0.2) is 5.10 Å². The standard InChI is InChI=1S/C18H22N4O3/c1-12-5-13(2)7-14(6-12)8-21-4-3-18(10-21)11-22-15(9-25-18)19-20-16(23)17(22)24/h5-7H,3-4,8-11H2,1-2H3,(H,20,23)/t18-/m1/s1. The molecule has 1 N–H and O–H groups in total. The number of nitrogens with zero attached hydrogens (tertiary/aromatic N) is 3. The number of ether oxygens (including phenoxy) is 1. The highest BCUT2D eigenvalue weighted by atomic mass is 16.5. The smallest absolute Gasteiger partial charge is 0.330 e. The lowest BCUT2D eigenvalue weighted by Crippen LogP contribution is -2.51. The average molecular weight is 342 g/mol. The van der Waals surface area contributed by atoms with Gasteiger partial charge < -0.3 is 4.74 Å². The summed E-state index contributed by atoms with van der Waals surface area (Å²) in [5.41, 5.74) is 2.20. The number of aromatic nitrogens is 3. The minimum absolute atomic E-state index is 0.253. The molecule has 1 atom stereocenters. The number of aryl methyl sites for hydroxylation is 2. The molecule has 2 aromatic rings. The van der Waals surface area contributed by atoms with Crippen molar-refractivity contribution >= 4 is 0 Å². The van der Waals surface area contributed by atoms with E-state index in [4.69, 9.17) is 4.74 Å². The molecule has 1 spiro atoms. The minimum atomic E-state index is -0.675. The van der Waals surface area contributed by atoms with Gasteiger partial charge in [0.15, 0.2) is 5.82 Å². The van der Waals surface area contributed by atoms with Crippen LogP contribution < -0.4 is 11.1 Å². The number of fused-ring (bicyclic) bond motifs is 1. The lowest BCUT2D eigenvalue weighted by molar-refractivity contribution is -0.0853. The van der Waals surface area contributed by atoms with Crippen molar-refractivity contribution in [2.45, 2.75) is 45.6 Å². The zero-order chi connectivity index (χ0) is 17.6. The third kappa shape index (κ3) is 3.05. The van der Waals surface area contributed by atoms with Crippen LogP contribution in [0.15, 0.2) is 27.8 Å². The van der Waals surface area contributed by atoms with Gasteiger partial charge in [-0.05, 0) is 25.8 Å². The second kappa shape index (κ2) is 5.93. The van der Waals surface area contributed by atoms with Crippen LogP contribution >= 0.6 is 0 Å². The highest BCUT2D eigenvalue weighted by Gasteiger charge is 2.43. The first kappa shape index (κ1) is 16.2. The van der Waals surface area contributed by atoms with Gasteiger partial charge in [-0.1, -0.05) is 29.3 Å². The molecule has 3 heterocycles. The van der Waals surface area contributed by atoms with Crippen LogP contribution in [0, 0.1) is 13.8 Å². The molecule has 0 bridgehead atoms. The Bertz CT molecular complexity index is 912. The predicted octanol–water partition coefficient (Wildman–Crippen LogP) is 0.723. The number of benzene rings is 1. The van der Waals surface area contributed by atoms with E-state index in [0.717, 1.165) is 26.1 Å². The zero-order valence-electron chi connectivity index (χ0n) is 14.5. The van der Waals surface area contributed by atoms with E-state index in [-0.39, 0.29) is 6.61 Å². The monoisotopic (exact) mass is 342 g/mol. The molecule has 7 nitrogen and oxygen atoms in total. The summed E-state index contributed by atoms with van der Waals surface area (Å²) in [4.78, 5) is 26.0. The van der Waals surface area contributed by atoms with Crippen LogP contribution in [-0.2, 0) is 24.4 Å².